The van der Waals surface area contributed by atoms with E-state index in [2.05, 4.69) is 59.7 Å². The van der Waals surface area contributed by atoms with Gasteiger partial charge in [0, 0.05) is 7.11 Å². The highest BCUT2D eigenvalue weighted by Gasteiger charge is 2.22. The van der Waals surface area contributed by atoms with Crippen molar-refractivity contribution in [1.82, 2.24) is 0 Å². The number of hydrogen-bond acceptors (Lipinski definition) is 5. The van der Waals surface area contributed by atoms with Gasteiger partial charge in [0.15, 0.2) is 0 Å². The first-order chi connectivity index (χ1) is 13.2. The van der Waals surface area contributed by atoms with Gasteiger partial charge in [-0.1, -0.05) is 53.7 Å². The normalized spacial score (nSPS) is 12.4. The summed E-state index contributed by atoms with van der Waals surface area (Å²) in [6.45, 7) is 17.8. The van der Waals surface area contributed by atoms with Gasteiger partial charge in [0.1, 0.15) is 12.4 Å². The van der Waals surface area contributed by atoms with E-state index in [0.29, 0.717) is 52.9 Å². The third-order valence-electron chi connectivity index (χ3n) is 4.32. The van der Waals surface area contributed by atoms with Crippen LogP contribution in [0.2, 0.25) is 0 Å². The zero-order valence-electron chi connectivity index (χ0n) is 18.9. The largest absolute Gasteiger partial charge is 0.491 e. The standard InChI is InChI=1S/C23H40O5/c1-22(2,3)19-8-9-20(23(4,5)6)21(18-19)28-17-16-27-15-14-26-13-12-25-11-10-24-7/h8-9,18H,10-17H2,1-7H3. The van der Waals surface area contributed by atoms with Crippen LogP contribution in [-0.2, 0) is 29.8 Å². The van der Waals surface area contributed by atoms with E-state index in [-0.39, 0.29) is 10.8 Å². The Morgan fingerprint density at radius 1 is 0.643 bits per heavy atom. The minimum atomic E-state index is 0.0335. The molecule has 0 N–H and O–H groups in total. The fraction of sp³-hybridized carbons (Fsp3) is 0.739. The van der Waals surface area contributed by atoms with E-state index in [1.54, 1.807) is 7.11 Å². The first kappa shape index (κ1) is 24.9. The van der Waals surface area contributed by atoms with Crippen LogP contribution in [0.25, 0.3) is 0 Å². The van der Waals surface area contributed by atoms with E-state index < -0.39 is 0 Å². The Morgan fingerprint density at radius 3 is 1.61 bits per heavy atom. The average molecular weight is 397 g/mol. The fourth-order valence-electron chi connectivity index (χ4n) is 2.62. The molecule has 0 radical (unpaired) electrons. The third-order valence-corrected chi connectivity index (χ3v) is 4.32. The molecule has 0 aliphatic heterocycles. The van der Waals surface area contributed by atoms with Gasteiger partial charge in [0.25, 0.3) is 0 Å². The van der Waals surface area contributed by atoms with Crippen molar-refractivity contribution in [3.8, 4) is 5.75 Å². The smallest absolute Gasteiger partial charge is 0.123 e. The lowest BCUT2D eigenvalue weighted by molar-refractivity contribution is 0.000101. The number of hydrogen-bond donors (Lipinski definition) is 0. The van der Waals surface area contributed by atoms with Crippen molar-refractivity contribution in [3.05, 3.63) is 29.3 Å². The van der Waals surface area contributed by atoms with Crippen molar-refractivity contribution in [2.45, 2.75) is 52.4 Å². The van der Waals surface area contributed by atoms with Crippen molar-refractivity contribution >= 4 is 0 Å². The Bertz CT molecular complexity index is 543. The minimum Gasteiger partial charge on any atom is -0.491 e. The maximum atomic E-state index is 6.08. The number of benzene rings is 1. The van der Waals surface area contributed by atoms with Gasteiger partial charge in [-0.05, 0) is 28.0 Å². The minimum absolute atomic E-state index is 0.0335. The average Bonchev–Trinajstić information content (AvgIpc) is 2.61. The summed E-state index contributed by atoms with van der Waals surface area (Å²) in [6.07, 6.45) is 0. The molecule has 1 aromatic rings. The lowest BCUT2D eigenvalue weighted by Crippen LogP contribution is -2.18. The summed E-state index contributed by atoms with van der Waals surface area (Å²) in [5, 5.41) is 0. The lowest BCUT2D eigenvalue weighted by Gasteiger charge is -2.26. The SMILES string of the molecule is COCCOCCOCCOCCOc1cc(C(C)(C)C)ccc1C(C)(C)C. The molecule has 0 spiro atoms. The molecular weight excluding hydrogens is 356 g/mol. The molecule has 5 nitrogen and oxygen atoms in total. The summed E-state index contributed by atoms with van der Waals surface area (Å²) in [4.78, 5) is 0. The van der Waals surface area contributed by atoms with Crippen LogP contribution in [0.15, 0.2) is 18.2 Å². The molecule has 28 heavy (non-hydrogen) atoms. The fourth-order valence-corrected chi connectivity index (χ4v) is 2.62. The Balaban J connectivity index is 2.32. The molecule has 0 amide bonds. The highest BCUT2D eigenvalue weighted by atomic mass is 16.6. The van der Waals surface area contributed by atoms with Gasteiger partial charge in [-0.25, -0.2) is 0 Å². The van der Waals surface area contributed by atoms with Crippen LogP contribution in [-0.4, -0.2) is 60.0 Å². The van der Waals surface area contributed by atoms with E-state index in [9.17, 15) is 0 Å². The molecular formula is C23H40O5. The van der Waals surface area contributed by atoms with Crippen LogP contribution in [0.5, 0.6) is 5.75 Å². The molecule has 0 heterocycles. The zero-order chi connectivity index (χ0) is 21.0. The Labute approximate surface area is 171 Å². The molecule has 5 heteroatoms. The second-order valence-electron chi connectivity index (χ2n) is 8.89. The van der Waals surface area contributed by atoms with Crippen LogP contribution >= 0.6 is 0 Å². The van der Waals surface area contributed by atoms with Crippen LogP contribution in [0.1, 0.15) is 52.7 Å². The molecule has 0 aliphatic carbocycles. The number of methoxy groups -OCH3 is 1. The van der Waals surface area contributed by atoms with Gasteiger partial charge >= 0.3 is 0 Å². The van der Waals surface area contributed by atoms with Gasteiger partial charge in [0.05, 0.1) is 46.2 Å². The zero-order valence-corrected chi connectivity index (χ0v) is 18.9. The topological polar surface area (TPSA) is 46.2 Å². The molecule has 0 saturated carbocycles. The summed E-state index contributed by atoms with van der Waals surface area (Å²) in [5.41, 5.74) is 2.62. The maximum Gasteiger partial charge on any atom is 0.123 e. The van der Waals surface area contributed by atoms with Gasteiger partial charge in [0.2, 0.25) is 0 Å². The van der Waals surface area contributed by atoms with Gasteiger partial charge < -0.3 is 23.7 Å². The van der Waals surface area contributed by atoms with Crippen LogP contribution in [0.4, 0.5) is 0 Å². The lowest BCUT2D eigenvalue weighted by atomic mass is 9.81. The van der Waals surface area contributed by atoms with Crippen LogP contribution in [0.3, 0.4) is 0 Å². The molecule has 0 fully saturated rings. The summed E-state index contributed by atoms with van der Waals surface area (Å²) in [5.74, 6) is 0.952. The van der Waals surface area contributed by atoms with E-state index in [0.717, 1.165) is 5.75 Å². The molecule has 0 atom stereocenters. The van der Waals surface area contributed by atoms with E-state index >= 15 is 0 Å². The van der Waals surface area contributed by atoms with Crippen molar-refractivity contribution in [2.75, 3.05) is 60.0 Å². The maximum absolute atomic E-state index is 6.08. The summed E-state index contributed by atoms with van der Waals surface area (Å²) in [6, 6.07) is 6.58. The Morgan fingerprint density at radius 2 is 1.14 bits per heavy atom. The number of ether oxygens (including phenoxy) is 5. The van der Waals surface area contributed by atoms with Gasteiger partial charge in [-0.15, -0.1) is 0 Å². The van der Waals surface area contributed by atoms with E-state index in [1.165, 1.54) is 11.1 Å². The molecule has 0 aromatic heterocycles. The quantitative estimate of drug-likeness (QED) is 0.464. The summed E-state index contributed by atoms with van der Waals surface area (Å²) in [7, 11) is 1.66. The molecule has 0 saturated heterocycles. The first-order valence-corrected chi connectivity index (χ1v) is 10.2. The van der Waals surface area contributed by atoms with Crippen molar-refractivity contribution in [2.24, 2.45) is 0 Å². The monoisotopic (exact) mass is 396 g/mol. The predicted octanol–water partition coefficient (Wildman–Crippen LogP) is 4.36. The second kappa shape index (κ2) is 12.4. The predicted molar refractivity (Wildman–Crippen MR) is 114 cm³/mol. The van der Waals surface area contributed by atoms with Crippen molar-refractivity contribution in [3.63, 3.8) is 0 Å². The van der Waals surface area contributed by atoms with Crippen molar-refractivity contribution in [1.29, 1.82) is 0 Å². The molecule has 0 unspecified atom stereocenters. The molecule has 0 aliphatic rings. The second-order valence-corrected chi connectivity index (χ2v) is 8.89. The summed E-state index contributed by atoms with van der Waals surface area (Å²) < 4.78 is 27.4. The third kappa shape index (κ3) is 9.87. The molecule has 0 bridgehead atoms. The number of rotatable bonds is 13. The van der Waals surface area contributed by atoms with Crippen LogP contribution in [0, 0.1) is 0 Å². The Hall–Kier alpha value is -1.14. The highest BCUT2D eigenvalue weighted by Crippen LogP contribution is 2.35. The molecule has 1 rings (SSSR count). The van der Waals surface area contributed by atoms with Crippen LogP contribution < -0.4 is 4.74 Å². The van der Waals surface area contributed by atoms with E-state index in [1.807, 2.05) is 0 Å². The highest BCUT2D eigenvalue weighted by molar-refractivity contribution is 5.43. The van der Waals surface area contributed by atoms with Crippen molar-refractivity contribution < 1.29 is 23.7 Å². The first-order valence-electron chi connectivity index (χ1n) is 10.2. The molecule has 1 aromatic carbocycles. The van der Waals surface area contributed by atoms with Gasteiger partial charge in [-0.2, -0.15) is 0 Å². The van der Waals surface area contributed by atoms with Gasteiger partial charge in [-0.3, -0.25) is 0 Å². The molecule has 162 valence electrons. The summed E-state index contributed by atoms with van der Waals surface area (Å²) >= 11 is 0. The van der Waals surface area contributed by atoms with E-state index in [4.69, 9.17) is 23.7 Å². The Kier molecular flexibility index (Phi) is 11.1.